The number of ketones is 1. The Morgan fingerprint density at radius 2 is 1.96 bits per heavy atom. The lowest BCUT2D eigenvalue weighted by Crippen LogP contribution is -2.13. The van der Waals surface area contributed by atoms with Crippen LogP contribution in [0.3, 0.4) is 0 Å². The van der Waals surface area contributed by atoms with Crippen LogP contribution >= 0.6 is 0 Å². The number of carbonyl (C=O) groups is 1. The largest absolute Gasteiger partial charge is 0.478 e. The van der Waals surface area contributed by atoms with Crippen molar-refractivity contribution in [1.29, 1.82) is 0 Å². The third kappa shape index (κ3) is 3.64. The maximum Gasteiger partial charge on any atom is 0.310 e. The van der Waals surface area contributed by atoms with Gasteiger partial charge in [-0.3, -0.25) is 14.9 Å². The molecule has 0 aliphatic carbocycles. The topological polar surface area (TPSA) is 74.4 Å². The van der Waals surface area contributed by atoms with Gasteiger partial charge < -0.3 is 9.30 Å². The van der Waals surface area contributed by atoms with E-state index in [9.17, 15) is 14.9 Å². The van der Waals surface area contributed by atoms with Crippen LogP contribution in [-0.4, -0.2) is 21.9 Å². The van der Waals surface area contributed by atoms with Crippen molar-refractivity contribution >= 4 is 11.5 Å². The molecule has 2 aromatic rings. The zero-order valence-corrected chi connectivity index (χ0v) is 14.5. The summed E-state index contributed by atoms with van der Waals surface area (Å²) in [5.41, 5.74) is 3.24. The van der Waals surface area contributed by atoms with Gasteiger partial charge in [0.2, 0.25) is 5.78 Å². The van der Waals surface area contributed by atoms with Gasteiger partial charge in [0.1, 0.15) is 0 Å². The van der Waals surface area contributed by atoms with Crippen LogP contribution in [0, 0.1) is 30.9 Å². The maximum atomic E-state index is 12.5. The zero-order chi connectivity index (χ0) is 17.9. The van der Waals surface area contributed by atoms with Crippen molar-refractivity contribution < 1.29 is 14.5 Å². The summed E-state index contributed by atoms with van der Waals surface area (Å²) in [6.45, 7) is 8.41. The lowest BCUT2D eigenvalue weighted by molar-refractivity contribution is -0.385. The number of Topliss-reactive ketones (excluding diaryl/α,β-unsaturated/α-hetero) is 1. The van der Waals surface area contributed by atoms with Crippen LogP contribution in [0.2, 0.25) is 0 Å². The third-order valence-corrected chi connectivity index (χ3v) is 3.99. The molecule has 6 heteroatoms. The average Bonchev–Trinajstić information content (AvgIpc) is 2.81. The highest BCUT2D eigenvalue weighted by Crippen LogP contribution is 2.28. The Kier molecular flexibility index (Phi) is 5.39. The number of aryl methyl sites for hydroxylation is 2. The minimum absolute atomic E-state index is 0.121. The first-order valence-corrected chi connectivity index (χ1v) is 7.93. The molecule has 24 heavy (non-hydrogen) atoms. The molecule has 1 aromatic carbocycles. The van der Waals surface area contributed by atoms with Crippen LogP contribution in [0.15, 0.2) is 24.3 Å². The van der Waals surface area contributed by atoms with Crippen molar-refractivity contribution in [3.8, 4) is 5.75 Å². The molecule has 0 fully saturated rings. The smallest absolute Gasteiger partial charge is 0.310 e. The summed E-state index contributed by atoms with van der Waals surface area (Å²) in [6.07, 6.45) is 0.982. The van der Waals surface area contributed by atoms with Gasteiger partial charge in [0, 0.05) is 29.6 Å². The Hall–Kier alpha value is -2.63. The van der Waals surface area contributed by atoms with Crippen molar-refractivity contribution in [2.45, 2.75) is 40.7 Å². The van der Waals surface area contributed by atoms with Crippen LogP contribution in [0.1, 0.15) is 40.7 Å². The Labute approximate surface area is 141 Å². The SMILES string of the molecule is CCCn1c(C)cc(C(=O)COc2cc(C)ccc2[N+](=O)[O-])c1C. The van der Waals surface area contributed by atoms with Gasteiger partial charge in [-0.1, -0.05) is 13.0 Å². The number of benzene rings is 1. The number of hydrogen-bond donors (Lipinski definition) is 0. The first-order chi connectivity index (χ1) is 11.3. The molecule has 0 bridgehead atoms. The number of nitrogens with zero attached hydrogens (tertiary/aromatic N) is 2. The van der Waals surface area contributed by atoms with Crippen molar-refractivity contribution in [2.75, 3.05) is 6.61 Å². The van der Waals surface area contributed by atoms with Gasteiger partial charge in [-0.25, -0.2) is 0 Å². The molecule has 0 atom stereocenters. The van der Waals surface area contributed by atoms with Gasteiger partial charge in [0.15, 0.2) is 12.4 Å². The quantitative estimate of drug-likeness (QED) is 0.437. The first kappa shape index (κ1) is 17.7. The molecular weight excluding hydrogens is 308 g/mol. The summed E-state index contributed by atoms with van der Waals surface area (Å²) in [5.74, 6) is -0.0584. The number of carbonyl (C=O) groups excluding carboxylic acids is 1. The fourth-order valence-corrected chi connectivity index (χ4v) is 2.76. The molecule has 2 rings (SSSR count). The Morgan fingerprint density at radius 1 is 1.25 bits per heavy atom. The molecule has 0 N–H and O–H groups in total. The van der Waals surface area contributed by atoms with Gasteiger partial charge in [0.05, 0.1) is 4.92 Å². The van der Waals surface area contributed by atoms with Gasteiger partial charge in [-0.2, -0.15) is 0 Å². The van der Waals surface area contributed by atoms with Crippen molar-refractivity contribution in [2.24, 2.45) is 0 Å². The average molecular weight is 330 g/mol. The predicted molar refractivity (Wildman–Crippen MR) is 91.9 cm³/mol. The van der Waals surface area contributed by atoms with Crippen LogP contribution in [0.25, 0.3) is 0 Å². The van der Waals surface area contributed by atoms with Gasteiger partial charge in [-0.05, 0) is 44.9 Å². The van der Waals surface area contributed by atoms with E-state index >= 15 is 0 Å². The molecule has 0 aliphatic heterocycles. The molecule has 0 saturated carbocycles. The van der Waals surface area contributed by atoms with Crippen LogP contribution in [0.5, 0.6) is 5.75 Å². The van der Waals surface area contributed by atoms with E-state index in [1.807, 2.05) is 26.8 Å². The van der Waals surface area contributed by atoms with Crippen molar-refractivity contribution in [3.63, 3.8) is 0 Å². The van der Waals surface area contributed by atoms with E-state index < -0.39 is 4.92 Å². The number of hydrogen-bond acceptors (Lipinski definition) is 4. The van der Waals surface area contributed by atoms with Gasteiger partial charge in [-0.15, -0.1) is 0 Å². The molecule has 0 aliphatic rings. The van der Waals surface area contributed by atoms with Crippen molar-refractivity contribution in [1.82, 2.24) is 4.57 Å². The summed E-state index contributed by atoms with van der Waals surface area (Å²) < 4.78 is 7.56. The number of nitro groups is 1. The number of ether oxygens (including phenoxy) is 1. The van der Waals surface area contributed by atoms with Gasteiger partial charge >= 0.3 is 5.69 Å². The lowest BCUT2D eigenvalue weighted by atomic mass is 10.1. The molecule has 0 unspecified atom stereocenters. The summed E-state index contributed by atoms with van der Waals surface area (Å²) in [5, 5.41) is 11.1. The van der Waals surface area contributed by atoms with E-state index in [1.54, 1.807) is 12.1 Å². The second kappa shape index (κ2) is 7.29. The fourth-order valence-electron chi connectivity index (χ4n) is 2.76. The van der Waals surface area contributed by atoms with Crippen LogP contribution in [0.4, 0.5) is 5.69 Å². The Morgan fingerprint density at radius 3 is 2.58 bits per heavy atom. The molecule has 6 nitrogen and oxygen atoms in total. The number of rotatable bonds is 7. The summed E-state index contributed by atoms with van der Waals surface area (Å²) in [6, 6.07) is 6.46. The molecule has 0 spiro atoms. The van der Waals surface area contributed by atoms with Crippen LogP contribution < -0.4 is 4.74 Å². The predicted octanol–water partition coefficient (Wildman–Crippen LogP) is 3.99. The minimum atomic E-state index is -0.508. The number of aromatic nitrogens is 1. The zero-order valence-electron chi connectivity index (χ0n) is 14.5. The number of nitro benzene ring substituents is 1. The third-order valence-electron chi connectivity index (χ3n) is 3.99. The maximum absolute atomic E-state index is 12.5. The highest BCUT2D eigenvalue weighted by atomic mass is 16.6. The van der Waals surface area contributed by atoms with E-state index in [4.69, 9.17) is 4.74 Å². The standard InChI is InChI=1S/C18H22N2O4/c1-5-8-19-13(3)10-15(14(19)4)17(21)11-24-18-9-12(2)6-7-16(18)20(22)23/h6-7,9-10H,5,8,11H2,1-4H3. The van der Waals surface area contributed by atoms with E-state index in [-0.39, 0.29) is 23.8 Å². The molecule has 1 heterocycles. The summed E-state index contributed by atoms with van der Waals surface area (Å²) in [4.78, 5) is 23.0. The monoisotopic (exact) mass is 330 g/mol. The summed E-state index contributed by atoms with van der Waals surface area (Å²) >= 11 is 0. The second-order valence-electron chi connectivity index (χ2n) is 5.88. The van der Waals surface area contributed by atoms with Gasteiger partial charge in [0.25, 0.3) is 0 Å². The molecule has 0 amide bonds. The lowest BCUT2D eigenvalue weighted by Gasteiger charge is -2.09. The molecule has 128 valence electrons. The molecule has 1 aromatic heterocycles. The Balaban J connectivity index is 2.19. The first-order valence-electron chi connectivity index (χ1n) is 7.93. The fraction of sp³-hybridized carbons (Fsp3) is 0.389. The van der Waals surface area contributed by atoms with Crippen molar-refractivity contribution in [3.05, 3.63) is 56.9 Å². The summed E-state index contributed by atoms with van der Waals surface area (Å²) in [7, 11) is 0. The van der Waals surface area contributed by atoms with E-state index in [2.05, 4.69) is 11.5 Å². The second-order valence-corrected chi connectivity index (χ2v) is 5.88. The molecular formula is C18H22N2O4. The molecule has 0 saturated heterocycles. The minimum Gasteiger partial charge on any atom is -0.478 e. The van der Waals surface area contributed by atoms with E-state index in [0.29, 0.717) is 5.56 Å². The van der Waals surface area contributed by atoms with E-state index in [1.165, 1.54) is 6.07 Å². The highest BCUT2D eigenvalue weighted by molar-refractivity contribution is 5.98. The normalized spacial score (nSPS) is 10.7. The Bertz CT molecular complexity index is 778. The van der Waals surface area contributed by atoms with E-state index in [0.717, 1.165) is 29.9 Å². The highest BCUT2D eigenvalue weighted by Gasteiger charge is 2.19. The molecule has 0 radical (unpaired) electrons. The van der Waals surface area contributed by atoms with Crippen LogP contribution in [-0.2, 0) is 6.54 Å².